The number of benzene rings is 1. The van der Waals surface area contributed by atoms with Crippen LogP contribution in [0.15, 0.2) is 18.2 Å². The summed E-state index contributed by atoms with van der Waals surface area (Å²) in [6.07, 6.45) is 5.06. The van der Waals surface area contributed by atoms with E-state index in [-0.39, 0.29) is 11.9 Å². The van der Waals surface area contributed by atoms with E-state index in [9.17, 15) is 4.39 Å². The second kappa shape index (κ2) is 8.31. The summed E-state index contributed by atoms with van der Waals surface area (Å²) in [4.78, 5) is 0. The van der Waals surface area contributed by atoms with Crippen LogP contribution in [0.5, 0.6) is 0 Å². The van der Waals surface area contributed by atoms with Gasteiger partial charge in [-0.2, -0.15) is 0 Å². The zero-order valence-electron chi connectivity index (χ0n) is 12.8. The largest absolute Gasteiger partial charge is 0.310 e. The van der Waals surface area contributed by atoms with Gasteiger partial charge in [-0.25, -0.2) is 4.39 Å². The Balaban J connectivity index is 2.49. The van der Waals surface area contributed by atoms with E-state index in [4.69, 9.17) is 0 Å². The van der Waals surface area contributed by atoms with E-state index >= 15 is 0 Å². The van der Waals surface area contributed by atoms with E-state index < -0.39 is 0 Å². The van der Waals surface area contributed by atoms with Crippen LogP contribution in [0.1, 0.15) is 63.6 Å². The Kier molecular flexibility index (Phi) is 7.07. The standard InChI is InChI=1S/C17H28FN/c1-5-7-8-15(6-2)12-19-14(4)16-10-9-13(3)17(18)11-16/h9-11,14-15,19H,5-8,12H2,1-4H3. The summed E-state index contributed by atoms with van der Waals surface area (Å²) in [6, 6.07) is 5.74. The number of unbranched alkanes of at least 4 members (excludes halogenated alkanes) is 1. The van der Waals surface area contributed by atoms with Crippen molar-refractivity contribution in [3.8, 4) is 0 Å². The van der Waals surface area contributed by atoms with Crippen molar-refractivity contribution in [2.24, 2.45) is 5.92 Å². The van der Waals surface area contributed by atoms with Crippen molar-refractivity contribution in [1.82, 2.24) is 5.32 Å². The van der Waals surface area contributed by atoms with Crippen LogP contribution in [0, 0.1) is 18.7 Å². The first-order chi connectivity index (χ1) is 9.08. The summed E-state index contributed by atoms with van der Waals surface area (Å²) in [5.74, 6) is 0.627. The number of halogens is 1. The lowest BCUT2D eigenvalue weighted by atomic mass is 9.98. The molecule has 0 saturated heterocycles. The molecule has 0 radical (unpaired) electrons. The molecule has 1 rings (SSSR count). The lowest BCUT2D eigenvalue weighted by molar-refractivity contribution is 0.398. The molecule has 2 unspecified atom stereocenters. The van der Waals surface area contributed by atoms with Gasteiger partial charge in [0.15, 0.2) is 0 Å². The van der Waals surface area contributed by atoms with Gasteiger partial charge in [0.1, 0.15) is 5.82 Å². The highest BCUT2D eigenvalue weighted by Crippen LogP contribution is 2.18. The molecule has 1 nitrogen and oxygen atoms in total. The Hall–Kier alpha value is -0.890. The van der Waals surface area contributed by atoms with Crippen molar-refractivity contribution in [2.75, 3.05) is 6.54 Å². The quantitative estimate of drug-likeness (QED) is 0.697. The van der Waals surface area contributed by atoms with E-state index in [1.54, 1.807) is 13.0 Å². The third-order valence-electron chi connectivity index (χ3n) is 3.95. The zero-order valence-corrected chi connectivity index (χ0v) is 12.8. The smallest absolute Gasteiger partial charge is 0.126 e. The van der Waals surface area contributed by atoms with Gasteiger partial charge in [0.25, 0.3) is 0 Å². The molecule has 0 bridgehead atoms. The second-order valence-corrected chi connectivity index (χ2v) is 5.56. The molecule has 1 aromatic carbocycles. The lowest BCUT2D eigenvalue weighted by Crippen LogP contribution is -2.25. The third-order valence-corrected chi connectivity index (χ3v) is 3.95. The first-order valence-electron chi connectivity index (χ1n) is 7.57. The van der Waals surface area contributed by atoms with Crippen LogP contribution >= 0.6 is 0 Å². The fraction of sp³-hybridized carbons (Fsp3) is 0.647. The summed E-state index contributed by atoms with van der Waals surface area (Å²) in [6.45, 7) is 9.41. The summed E-state index contributed by atoms with van der Waals surface area (Å²) < 4.78 is 13.5. The van der Waals surface area contributed by atoms with Crippen LogP contribution in [0.2, 0.25) is 0 Å². The molecule has 0 aliphatic heterocycles. The number of rotatable bonds is 8. The van der Waals surface area contributed by atoms with Crippen LogP contribution in [-0.2, 0) is 0 Å². The SMILES string of the molecule is CCCCC(CC)CNC(C)c1ccc(C)c(F)c1. The number of aryl methyl sites for hydroxylation is 1. The minimum Gasteiger partial charge on any atom is -0.310 e. The van der Waals surface area contributed by atoms with Crippen LogP contribution < -0.4 is 5.32 Å². The summed E-state index contributed by atoms with van der Waals surface area (Å²) >= 11 is 0. The first kappa shape index (κ1) is 16.2. The van der Waals surface area contributed by atoms with Crippen LogP contribution in [0.4, 0.5) is 4.39 Å². The monoisotopic (exact) mass is 265 g/mol. The molecule has 1 N–H and O–H groups in total. The normalized spacial score (nSPS) is 14.4. The van der Waals surface area contributed by atoms with Crippen molar-refractivity contribution in [1.29, 1.82) is 0 Å². The highest BCUT2D eigenvalue weighted by Gasteiger charge is 2.10. The summed E-state index contributed by atoms with van der Waals surface area (Å²) in [5, 5.41) is 3.54. The minimum atomic E-state index is -0.107. The van der Waals surface area contributed by atoms with Gasteiger partial charge in [-0.05, 0) is 49.9 Å². The molecule has 0 fully saturated rings. The van der Waals surface area contributed by atoms with E-state index in [2.05, 4.69) is 26.1 Å². The predicted molar refractivity (Wildman–Crippen MR) is 80.9 cm³/mol. The van der Waals surface area contributed by atoms with Crippen molar-refractivity contribution in [3.63, 3.8) is 0 Å². The van der Waals surface area contributed by atoms with Crippen LogP contribution in [-0.4, -0.2) is 6.54 Å². The van der Waals surface area contributed by atoms with Gasteiger partial charge in [-0.1, -0.05) is 45.2 Å². The average molecular weight is 265 g/mol. The second-order valence-electron chi connectivity index (χ2n) is 5.56. The minimum absolute atomic E-state index is 0.107. The van der Waals surface area contributed by atoms with Crippen LogP contribution in [0.3, 0.4) is 0 Å². The molecule has 2 heteroatoms. The fourth-order valence-electron chi connectivity index (χ4n) is 2.28. The van der Waals surface area contributed by atoms with Gasteiger partial charge < -0.3 is 5.32 Å². The Labute approximate surface area is 117 Å². The third kappa shape index (κ3) is 5.32. The maximum Gasteiger partial charge on any atom is 0.126 e. The van der Waals surface area contributed by atoms with E-state index in [0.29, 0.717) is 5.56 Å². The van der Waals surface area contributed by atoms with Gasteiger partial charge in [-0.3, -0.25) is 0 Å². The van der Waals surface area contributed by atoms with E-state index in [0.717, 1.165) is 18.0 Å². The van der Waals surface area contributed by atoms with Crippen molar-refractivity contribution in [2.45, 2.75) is 59.4 Å². The highest BCUT2D eigenvalue weighted by molar-refractivity contribution is 5.25. The fourth-order valence-corrected chi connectivity index (χ4v) is 2.28. The lowest BCUT2D eigenvalue weighted by Gasteiger charge is -2.20. The highest BCUT2D eigenvalue weighted by atomic mass is 19.1. The molecule has 1 aromatic rings. The molecular formula is C17H28FN. The molecule has 0 amide bonds. The molecular weight excluding hydrogens is 237 g/mol. The molecule has 0 heterocycles. The molecule has 19 heavy (non-hydrogen) atoms. The average Bonchev–Trinajstić information content (AvgIpc) is 2.41. The van der Waals surface area contributed by atoms with Gasteiger partial charge in [0, 0.05) is 6.04 Å². The van der Waals surface area contributed by atoms with Gasteiger partial charge in [0.2, 0.25) is 0 Å². The Bertz CT molecular complexity index is 376. The Morgan fingerprint density at radius 1 is 1.26 bits per heavy atom. The summed E-state index contributed by atoms with van der Waals surface area (Å²) in [5.41, 5.74) is 1.75. The molecule has 108 valence electrons. The number of nitrogens with one attached hydrogen (secondary N) is 1. The maximum absolute atomic E-state index is 13.5. The van der Waals surface area contributed by atoms with Crippen molar-refractivity contribution < 1.29 is 4.39 Å². The summed E-state index contributed by atoms with van der Waals surface area (Å²) in [7, 11) is 0. The van der Waals surface area contributed by atoms with Crippen LogP contribution in [0.25, 0.3) is 0 Å². The molecule has 0 aliphatic rings. The maximum atomic E-state index is 13.5. The number of hydrogen-bond donors (Lipinski definition) is 1. The molecule has 0 aliphatic carbocycles. The first-order valence-corrected chi connectivity index (χ1v) is 7.57. The Morgan fingerprint density at radius 2 is 2.00 bits per heavy atom. The molecule has 0 saturated carbocycles. The molecule has 0 aromatic heterocycles. The van der Waals surface area contributed by atoms with E-state index in [1.807, 2.05) is 12.1 Å². The van der Waals surface area contributed by atoms with Crippen molar-refractivity contribution in [3.05, 3.63) is 35.1 Å². The molecule has 0 spiro atoms. The van der Waals surface area contributed by atoms with Gasteiger partial charge in [-0.15, -0.1) is 0 Å². The topological polar surface area (TPSA) is 12.0 Å². The van der Waals surface area contributed by atoms with Gasteiger partial charge in [0.05, 0.1) is 0 Å². The zero-order chi connectivity index (χ0) is 14.3. The van der Waals surface area contributed by atoms with Gasteiger partial charge >= 0.3 is 0 Å². The number of hydrogen-bond acceptors (Lipinski definition) is 1. The molecule has 2 atom stereocenters. The predicted octanol–water partition coefficient (Wildman–Crippen LogP) is 5.00. The Morgan fingerprint density at radius 3 is 2.58 bits per heavy atom. The van der Waals surface area contributed by atoms with Crippen molar-refractivity contribution >= 4 is 0 Å². The van der Waals surface area contributed by atoms with E-state index in [1.165, 1.54) is 25.7 Å².